The molecule has 1 aliphatic carbocycles. The highest BCUT2D eigenvalue weighted by atomic mass is 19.4. The van der Waals surface area contributed by atoms with E-state index in [1.54, 1.807) is 0 Å². The summed E-state index contributed by atoms with van der Waals surface area (Å²) in [5.41, 5.74) is -0.602. The van der Waals surface area contributed by atoms with E-state index in [-0.39, 0.29) is 0 Å². The van der Waals surface area contributed by atoms with Crippen LogP contribution in [0.15, 0.2) is 0 Å². The molecule has 0 spiro atoms. The lowest BCUT2D eigenvalue weighted by Crippen LogP contribution is -2.42. The molecule has 0 amide bonds. The quantitative estimate of drug-likeness (QED) is 0.636. The summed E-state index contributed by atoms with van der Waals surface area (Å²) in [7, 11) is 0. The summed E-state index contributed by atoms with van der Waals surface area (Å²) in [5.74, 6) is -0.392. The van der Waals surface area contributed by atoms with Crippen molar-refractivity contribution in [2.75, 3.05) is 0 Å². The van der Waals surface area contributed by atoms with Gasteiger partial charge in [-0.05, 0) is 32.1 Å². The molecule has 4 nitrogen and oxygen atoms in total. The van der Waals surface area contributed by atoms with Gasteiger partial charge in [0.2, 0.25) is 0 Å². The Morgan fingerprint density at radius 1 is 1.42 bits per heavy atom. The Hall–Kier alpha value is -0.820. The highest BCUT2D eigenvalue weighted by molar-refractivity contribution is 5.66. The number of ether oxygens (including phenoxy) is 2. The first-order valence-electron chi connectivity index (χ1n) is 6.28. The van der Waals surface area contributed by atoms with Crippen LogP contribution < -0.4 is 0 Å². The van der Waals surface area contributed by atoms with Crippen molar-refractivity contribution in [3.8, 4) is 0 Å². The zero-order chi connectivity index (χ0) is 14.7. The monoisotopic (exact) mass is 284 g/mol. The molecule has 0 bridgehead atoms. The van der Waals surface area contributed by atoms with Crippen LogP contribution in [-0.2, 0) is 14.3 Å². The Bertz CT molecular complexity index is 309. The molecule has 1 unspecified atom stereocenters. The van der Waals surface area contributed by atoms with Crippen molar-refractivity contribution in [3.05, 3.63) is 0 Å². The van der Waals surface area contributed by atoms with Gasteiger partial charge in [0.1, 0.15) is 5.60 Å². The zero-order valence-corrected chi connectivity index (χ0v) is 11.0. The number of hydrogen-bond donors (Lipinski definition) is 1. The van der Waals surface area contributed by atoms with Crippen molar-refractivity contribution in [1.29, 1.82) is 0 Å². The number of carbonyl (C=O) groups excluding carboxylic acids is 1. The molecule has 0 saturated heterocycles. The zero-order valence-electron chi connectivity index (χ0n) is 11.0. The van der Waals surface area contributed by atoms with Gasteiger partial charge in [-0.1, -0.05) is 6.92 Å². The maximum absolute atomic E-state index is 12.2. The fourth-order valence-electron chi connectivity index (χ4n) is 2.35. The summed E-state index contributed by atoms with van der Waals surface area (Å²) >= 11 is 0. The Labute approximate surface area is 109 Å². The van der Waals surface area contributed by atoms with Crippen LogP contribution in [0.1, 0.15) is 46.0 Å². The predicted octanol–water partition coefficient (Wildman–Crippen LogP) is 2.54. The number of carbonyl (C=O) groups is 1. The molecule has 1 N–H and O–H groups in total. The van der Waals surface area contributed by atoms with Crippen molar-refractivity contribution < 1.29 is 32.5 Å². The molecule has 0 radical (unpaired) electrons. The van der Waals surface area contributed by atoms with Crippen LogP contribution in [0.25, 0.3) is 0 Å². The van der Waals surface area contributed by atoms with E-state index in [2.05, 4.69) is 4.74 Å². The van der Waals surface area contributed by atoms with E-state index in [4.69, 9.17) is 9.84 Å². The SMILES string of the molecule is CCC1(OC(C)=O)CCC(OC(O)C(F)(F)F)CC1. The normalized spacial score (nSPS) is 29.9. The summed E-state index contributed by atoms with van der Waals surface area (Å²) in [6.45, 7) is 3.18. The van der Waals surface area contributed by atoms with E-state index in [1.165, 1.54) is 6.92 Å². The van der Waals surface area contributed by atoms with Crippen LogP contribution in [0.2, 0.25) is 0 Å². The van der Waals surface area contributed by atoms with Crippen LogP contribution in [0.3, 0.4) is 0 Å². The highest BCUT2D eigenvalue weighted by Gasteiger charge is 2.43. The number of halogens is 3. The van der Waals surface area contributed by atoms with E-state index >= 15 is 0 Å². The van der Waals surface area contributed by atoms with E-state index in [0.29, 0.717) is 32.1 Å². The van der Waals surface area contributed by atoms with E-state index in [9.17, 15) is 18.0 Å². The number of aliphatic hydroxyl groups is 1. The number of aliphatic hydroxyl groups excluding tert-OH is 1. The summed E-state index contributed by atoms with van der Waals surface area (Å²) in [4.78, 5) is 11.0. The van der Waals surface area contributed by atoms with Gasteiger partial charge in [-0.25, -0.2) is 0 Å². The van der Waals surface area contributed by atoms with Crippen molar-refractivity contribution >= 4 is 5.97 Å². The fourth-order valence-corrected chi connectivity index (χ4v) is 2.35. The molecule has 1 fully saturated rings. The lowest BCUT2D eigenvalue weighted by Gasteiger charge is -2.39. The second kappa shape index (κ2) is 6.09. The first kappa shape index (κ1) is 16.2. The lowest BCUT2D eigenvalue weighted by atomic mass is 9.81. The second-order valence-corrected chi connectivity index (χ2v) is 4.86. The second-order valence-electron chi connectivity index (χ2n) is 4.86. The Morgan fingerprint density at radius 3 is 2.32 bits per heavy atom. The molecule has 0 aromatic carbocycles. The van der Waals surface area contributed by atoms with Crippen LogP contribution in [0.4, 0.5) is 13.2 Å². The average molecular weight is 284 g/mol. The molecule has 0 aromatic rings. The van der Waals surface area contributed by atoms with Crippen molar-refractivity contribution in [2.45, 2.75) is 70.1 Å². The maximum atomic E-state index is 12.2. The van der Waals surface area contributed by atoms with Gasteiger partial charge in [-0.3, -0.25) is 4.79 Å². The molecule has 1 aliphatic rings. The first-order valence-corrected chi connectivity index (χ1v) is 6.28. The standard InChI is InChI=1S/C12H19F3O4/c1-3-11(19-8(2)16)6-4-9(5-7-11)18-10(17)12(13,14)15/h9-10,17H,3-7H2,1-2H3. The van der Waals surface area contributed by atoms with Gasteiger partial charge in [0.05, 0.1) is 6.10 Å². The van der Waals surface area contributed by atoms with E-state index in [1.807, 2.05) is 6.92 Å². The van der Waals surface area contributed by atoms with E-state index in [0.717, 1.165) is 0 Å². The maximum Gasteiger partial charge on any atom is 0.439 e. The number of esters is 1. The van der Waals surface area contributed by atoms with Crippen molar-refractivity contribution in [2.24, 2.45) is 0 Å². The molecule has 19 heavy (non-hydrogen) atoms. The molecule has 1 atom stereocenters. The third-order valence-corrected chi connectivity index (χ3v) is 3.45. The van der Waals surface area contributed by atoms with Crippen LogP contribution in [0.5, 0.6) is 0 Å². The topological polar surface area (TPSA) is 55.8 Å². The minimum Gasteiger partial charge on any atom is -0.459 e. The summed E-state index contributed by atoms with van der Waals surface area (Å²) < 4.78 is 46.3. The van der Waals surface area contributed by atoms with Gasteiger partial charge < -0.3 is 14.6 Å². The first-order chi connectivity index (χ1) is 8.68. The number of rotatable bonds is 4. The van der Waals surface area contributed by atoms with Crippen LogP contribution >= 0.6 is 0 Å². The van der Waals surface area contributed by atoms with Gasteiger partial charge >= 0.3 is 12.1 Å². The van der Waals surface area contributed by atoms with Crippen molar-refractivity contribution in [1.82, 2.24) is 0 Å². The molecule has 0 aromatic heterocycles. The van der Waals surface area contributed by atoms with Gasteiger partial charge in [-0.15, -0.1) is 0 Å². The highest BCUT2D eigenvalue weighted by Crippen LogP contribution is 2.37. The minimum atomic E-state index is -4.77. The van der Waals surface area contributed by atoms with Gasteiger partial charge in [0, 0.05) is 6.92 Å². The number of hydrogen-bond acceptors (Lipinski definition) is 4. The summed E-state index contributed by atoms with van der Waals surface area (Å²) in [6.07, 6.45) is -6.03. The van der Waals surface area contributed by atoms with Gasteiger partial charge in [0.25, 0.3) is 6.29 Å². The Morgan fingerprint density at radius 2 is 1.95 bits per heavy atom. The smallest absolute Gasteiger partial charge is 0.439 e. The van der Waals surface area contributed by atoms with Crippen LogP contribution in [0, 0.1) is 0 Å². The van der Waals surface area contributed by atoms with Crippen LogP contribution in [-0.4, -0.2) is 35.2 Å². The molecule has 0 aliphatic heterocycles. The molecular formula is C12H19F3O4. The van der Waals surface area contributed by atoms with E-state index < -0.39 is 30.1 Å². The third-order valence-electron chi connectivity index (χ3n) is 3.45. The van der Waals surface area contributed by atoms with Crippen molar-refractivity contribution in [3.63, 3.8) is 0 Å². The fraction of sp³-hybridized carbons (Fsp3) is 0.917. The molecule has 1 saturated carbocycles. The minimum absolute atomic E-state index is 0.328. The predicted molar refractivity (Wildman–Crippen MR) is 60.2 cm³/mol. The van der Waals surface area contributed by atoms with Gasteiger partial charge in [0.15, 0.2) is 0 Å². The third kappa shape index (κ3) is 4.65. The summed E-state index contributed by atoms with van der Waals surface area (Å²) in [5, 5.41) is 8.84. The Kier molecular flexibility index (Phi) is 5.20. The molecule has 1 rings (SSSR count). The molecule has 112 valence electrons. The lowest BCUT2D eigenvalue weighted by molar-refractivity contribution is -0.309. The van der Waals surface area contributed by atoms with Gasteiger partial charge in [-0.2, -0.15) is 13.2 Å². The average Bonchev–Trinajstić information content (AvgIpc) is 2.30. The molecule has 7 heteroatoms. The summed E-state index contributed by atoms with van der Waals surface area (Å²) in [6, 6.07) is 0. The largest absolute Gasteiger partial charge is 0.459 e. The Balaban J connectivity index is 2.50. The number of alkyl halides is 3. The molecule has 0 heterocycles. The molecular weight excluding hydrogens is 265 g/mol.